The summed E-state index contributed by atoms with van der Waals surface area (Å²) in [5.41, 5.74) is 5.82. The van der Waals surface area contributed by atoms with Crippen LogP contribution in [0.5, 0.6) is 0 Å². The predicted molar refractivity (Wildman–Crippen MR) is 263 cm³/mol. The third-order valence-electron chi connectivity index (χ3n) is 11.7. The second-order valence-electron chi connectivity index (χ2n) is 19.9. The molecule has 0 spiro atoms. The zero-order chi connectivity index (χ0) is 49.7. The van der Waals surface area contributed by atoms with Crippen LogP contribution in [-0.4, -0.2) is 137 Å². The van der Waals surface area contributed by atoms with Crippen molar-refractivity contribution >= 4 is 47.2 Å². The third-order valence-corrected chi connectivity index (χ3v) is 12.8. The van der Waals surface area contributed by atoms with Crippen LogP contribution in [0.2, 0.25) is 0 Å². The van der Waals surface area contributed by atoms with Gasteiger partial charge in [-0.3, -0.25) is 28.8 Å². The van der Waals surface area contributed by atoms with E-state index in [1.54, 1.807) is 20.8 Å². The number of nitrogens with one attached hydrogen (secondary N) is 3. The van der Waals surface area contributed by atoms with E-state index in [1.165, 1.54) is 61.5 Å². The molecule has 368 valence electrons. The van der Waals surface area contributed by atoms with Gasteiger partial charge in [0.15, 0.2) is 0 Å². The van der Waals surface area contributed by atoms with Crippen molar-refractivity contribution in [2.45, 2.75) is 170 Å². The van der Waals surface area contributed by atoms with Gasteiger partial charge in [-0.2, -0.15) is 11.8 Å². The number of unbranched alkanes of at least 4 members (excludes halogenated alkanes) is 1. The molecule has 0 aliphatic rings. The van der Waals surface area contributed by atoms with Gasteiger partial charge in [-0.1, -0.05) is 91.8 Å². The van der Waals surface area contributed by atoms with Crippen molar-refractivity contribution in [3.63, 3.8) is 0 Å². The monoisotopic (exact) mass is 920 g/mol. The molecule has 0 aromatic carbocycles. The van der Waals surface area contributed by atoms with Crippen molar-refractivity contribution in [1.29, 1.82) is 0 Å². The first-order chi connectivity index (χ1) is 29.5. The van der Waals surface area contributed by atoms with E-state index in [2.05, 4.69) is 62.9 Å². The lowest BCUT2D eigenvalue weighted by atomic mass is 9.91. The maximum Gasteiger partial charge on any atom is 0.246 e. The molecule has 0 aromatic rings. The quantitative estimate of drug-likeness (QED) is 0.0420. The fourth-order valence-corrected chi connectivity index (χ4v) is 7.98. The summed E-state index contributed by atoms with van der Waals surface area (Å²) >= 11 is 1.52. The van der Waals surface area contributed by atoms with Crippen molar-refractivity contribution in [1.82, 2.24) is 30.7 Å². The highest BCUT2D eigenvalue weighted by molar-refractivity contribution is 7.99. The molecule has 0 rings (SSSR count). The van der Waals surface area contributed by atoms with Crippen molar-refractivity contribution in [3.05, 3.63) is 36.5 Å². The van der Waals surface area contributed by atoms with Crippen LogP contribution in [0, 0.1) is 23.2 Å². The number of hydrogen-bond acceptors (Lipinski definition) is 9. The Morgan fingerprint density at radius 1 is 0.844 bits per heavy atom. The minimum Gasteiger partial charge on any atom is -0.390 e. The number of primary amides is 1. The highest BCUT2D eigenvalue weighted by atomic mass is 32.2. The molecule has 1 unspecified atom stereocenters. The van der Waals surface area contributed by atoms with E-state index in [0.717, 1.165) is 37.9 Å². The van der Waals surface area contributed by atoms with Crippen LogP contribution in [0.15, 0.2) is 36.5 Å². The van der Waals surface area contributed by atoms with E-state index >= 15 is 0 Å². The smallest absolute Gasteiger partial charge is 0.246 e. The Morgan fingerprint density at radius 3 is 1.92 bits per heavy atom. The number of allylic oxidation sites excluding steroid dienone is 2. The molecule has 0 aromatic heterocycles. The van der Waals surface area contributed by atoms with Crippen LogP contribution in [-0.2, 0) is 28.8 Å². The van der Waals surface area contributed by atoms with Gasteiger partial charge in [-0.05, 0) is 102 Å². The largest absolute Gasteiger partial charge is 0.390 e. The van der Waals surface area contributed by atoms with Gasteiger partial charge in [0.1, 0.15) is 30.2 Å². The Labute approximate surface area is 391 Å². The molecule has 0 saturated carbocycles. The second kappa shape index (κ2) is 29.1. The molecule has 64 heavy (non-hydrogen) atoms. The van der Waals surface area contributed by atoms with Crippen LogP contribution in [0.1, 0.15) is 134 Å². The van der Waals surface area contributed by atoms with E-state index in [4.69, 9.17) is 5.73 Å². The Hall–Kier alpha value is -3.69. The molecule has 0 aliphatic heterocycles. The number of nitrogens with zero attached hydrogens (tertiary/aromatic N) is 3. The van der Waals surface area contributed by atoms with Gasteiger partial charge in [0.05, 0.1) is 5.60 Å². The van der Waals surface area contributed by atoms with Crippen molar-refractivity contribution in [2.75, 3.05) is 45.7 Å². The molecule has 0 bridgehead atoms. The molecule has 0 heterocycles. The Bertz CT molecular complexity index is 1570. The summed E-state index contributed by atoms with van der Waals surface area (Å²) in [6.45, 7) is 32.5. The number of hydrogen-bond donors (Lipinski definition) is 5. The molecule has 0 radical (unpaired) electrons. The minimum atomic E-state index is -1.45. The van der Waals surface area contributed by atoms with Gasteiger partial charge < -0.3 is 41.5 Å². The number of carbonyl (C=O) groups is 6. The van der Waals surface area contributed by atoms with E-state index in [1.807, 2.05) is 26.8 Å². The van der Waals surface area contributed by atoms with Gasteiger partial charge >= 0.3 is 0 Å². The molecule has 14 nitrogen and oxygen atoms in total. The first-order valence-corrected chi connectivity index (χ1v) is 24.3. The number of aliphatic hydroxyl groups is 1. The Balaban J connectivity index is 6.83. The summed E-state index contributed by atoms with van der Waals surface area (Å²) in [4.78, 5) is 87.5. The van der Waals surface area contributed by atoms with Gasteiger partial charge in [-0.25, -0.2) is 0 Å². The molecule has 6 N–H and O–H groups in total. The average Bonchev–Trinajstić information content (AvgIpc) is 3.20. The second-order valence-corrected chi connectivity index (χ2v) is 21.1. The number of likely N-dealkylation sites (N-methyl/N-ethyl adjacent to an activating group) is 3. The van der Waals surface area contributed by atoms with Crippen LogP contribution < -0.4 is 21.7 Å². The number of carbonyl (C=O) groups excluding carboxylic acids is 6. The SMILES string of the molecule is C=C(C[C@H](C(N)=O)N(C)C(=O)[C@H](NC(=O)[C@H](CC(C)(C)O)N(C)C(=O)[C@@H](CSCCCCNCC(C)(C)C)N(C)C(=O)[C@H](CC)NC(=O)CC[C@H](C)C/C=C/C)C(C)C(=C)C)C(C)C. The van der Waals surface area contributed by atoms with Gasteiger partial charge in [0.25, 0.3) is 0 Å². The molecular weight excluding hydrogens is 831 g/mol. The zero-order valence-corrected chi connectivity index (χ0v) is 43.2. The standard InChI is InChI=1S/C49H89N7O7S/c1-18-20-23-34(7)24-25-41(57)52-37(19-2)45(60)56(17)40(30-64-27-22-21-26-51-31-48(10,11)12)46(61)55(16)39(29-49(13,14)63)44(59)53-42(36(9)33(5)6)47(62)54(15)38(43(50)58)28-35(8)32(3)4/h18,20,32,34,36-40,42,51,63H,5,8,19,21-31H2,1-4,6-7,9-17H3,(H2,50,58)(H,52,57)(H,53,59)/b20-18+/t34-,36?,37+,38-,39+,40-,42-/m1/s1. The lowest BCUT2D eigenvalue weighted by molar-refractivity contribution is -0.150. The Morgan fingerprint density at radius 2 is 1.42 bits per heavy atom. The number of nitrogens with two attached hydrogens (primary N) is 1. The fraction of sp³-hybridized carbons (Fsp3) is 0.755. The lowest BCUT2D eigenvalue weighted by Gasteiger charge is -2.38. The molecule has 6 amide bonds. The van der Waals surface area contributed by atoms with Crippen LogP contribution >= 0.6 is 11.8 Å². The molecule has 15 heteroatoms. The van der Waals surface area contributed by atoms with Crippen LogP contribution in [0.4, 0.5) is 0 Å². The molecule has 0 fully saturated rings. The maximum atomic E-state index is 14.8. The summed E-state index contributed by atoms with van der Waals surface area (Å²) in [6, 6.07) is -5.48. The summed E-state index contributed by atoms with van der Waals surface area (Å²) < 4.78 is 0. The summed E-state index contributed by atoms with van der Waals surface area (Å²) in [5.74, 6) is -2.64. The lowest BCUT2D eigenvalue weighted by Crippen LogP contribution is -2.61. The summed E-state index contributed by atoms with van der Waals surface area (Å²) in [5, 5.41) is 20.3. The van der Waals surface area contributed by atoms with Gasteiger partial charge in [-0.15, -0.1) is 0 Å². The molecule has 0 aliphatic carbocycles. The van der Waals surface area contributed by atoms with Gasteiger partial charge in [0, 0.05) is 45.7 Å². The normalized spacial score (nSPS) is 15.3. The zero-order valence-electron chi connectivity index (χ0n) is 42.4. The molecule has 7 atom stereocenters. The first kappa shape index (κ1) is 60.3. The fourth-order valence-electron chi connectivity index (χ4n) is 6.82. The van der Waals surface area contributed by atoms with E-state index in [-0.39, 0.29) is 42.3 Å². The highest BCUT2D eigenvalue weighted by Crippen LogP contribution is 2.24. The Kier molecular flexibility index (Phi) is 27.4. The summed E-state index contributed by atoms with van der Waals surface area (Å²) in [7, 11) is 4.45. The first-order valence-electron chi connectivity index (χ1n) is 23.1. The van der Waals surface area contributed by atoms with Crippen molar-refractivity contribution in [3.8, 4) is 0 Å². The number of thioether (sulfide) groups is 1. The predicted octanol–water partition coefficient (Wildman–Crippen LogP) is 5.84. The van der Waals surface area contributed by atoms with Crippen molar-refractivity contribution in [2.24, 2.45) is 28.9 Å². The summed E-state index contributed by atoms with van der Waals surface area (Å²) in [6.07, 6.45) is 7.81. The van der Waals surface area contributed by atoms with Crippen molar-refractivity contribution < 1.29 is 33.9 Å². The maximum absolute atomic E-state index is 14.8. The van der Waals surface area contributed by atoms with Crippen LogP contribution in [0.3, 0.4) is 0 Å². The van der Waals surface area contributed by atoms with E-state index in [0.29, 0.717) is 30.1 Å². The van der Waals surface area contributed by atoms with Crippen LogP contribution in [0.25, 0.3) is 0 Å². The average molecular weight is 920 g/mol. The topological polar surface area (TPSA) is 194 Å². The van der Waals surface area contributed by atoms with Gasteiger partial charge in [0.2, 0.25) is 35.4 Å². The van der Waals surface area contributed by atoms with E-state index < -0.39 is 71.3 Å². The third kappa shape index (κ3) is 22.5. The minimum absolute atomic E-state index is 0.0294. The molecular formula is C49H89N7O7S. The van der Waals surface area contributed by atoms with E-state index in [9.17, 15) is 33.9 Å². The number of rotatable bonds is 31. The molecule has 0 saturated heterocycles. The number of amides is 6. The highest BCUT2D eigenvalue weighted by Gasteiger charge is 2.41.